The number of carboxylic acids is 1. The molecule has 1 aromatic rings. The Balaban J connectivity index is 2.95. The van der Waals surface area contributed by atoms with Crippen molar-refractivity contribution in [2.45, 2.75) is 60.3 Å². The normalized spacial score (nSPS) is 12.2. The largest absolute Gasteiger partial charge is 0.481 e. The summed E-state index contributed by atoms with van der Waals surface area (Å²) in [4.78, 5) is 13.5. The third-order valence-electron chi connectivity index (χ3n) is 4.15. The first-order chi connectivity index (χ1) is 10.4. The van der Waals surface area contributed by atoms with E-state index in [-0.39, 0.29) is 5.92 Å². The van der Waals surface area contributed by atoms with E-state index in [2.05, 4.69) is 44.7 Å². The van der Waals surface area contributed by atoms with E-state index in [1.807, 2.05) is 0 Å². The van der Waals surface area contributed by atoms with Gasteiger partial charge in [0.15, 0.2) is 0 Å². The number of hydrogen-bond donors (Lipinski definition) is 1. The fourth-order valence-electron chi connectivity index (χ4n) is 3.10. The summed E-state index contributed by atoms with van der Waals surface area (Å²) in [5.41, 5.74) is 4.96. The average molecular weight is 305 g/mol. The lowest BCUT2D eigenvalue weighted by atomic mass is 10.0. The van der Waals surface area contributed by atoms with Gasteiger partial charge in [0.25, 0.3) is 0 Å². The van der Waals surface area contributed by atoms with Crippen LogP contribution in [-0.2, 0) is 4.79 Å². The molecule has 0 aromatic heterocycles. The Kier molecular flexibility index (Phi) is 7.43. The molecule has 124 valence electrons. The van der Waals surface area contributed by atoms with Gasteiger partial charge in [-0.15, -0.1) is 0 Å². The van der Waals surface area contributed by atoms with E-state index in [1.54, 1.807) is 6.92 Å². The molecule has 22 heavy (non-hydrogen) atoms. The predicted octanol–water partition coefficient (Wildman–Crippen LogP) is 4.72. The van der Waals surface area contributed by atoms with E-state index in [1.165, 1.54) is 41.6 Å². The maximum atomic E-state index is 11.2. The number of carbonyl (C=O) groups is 1. The monoisotopic (exact) mass is 305 g/mol. The molecule has 0 aliphatic rings. The Morgan fingerprint density at radius 3 is 2.23 bits per heavy atom. The van der Waals surface area contributed by atoms with Crippen LogP contribution in [-0.4, -0.2) is 24.2 Å². The van der Waals surface area contributed by atoms with Crippen LogP contribution in [0.5, 0.6) is 0 Å². The van der Waals surface area contributed by atoms with Crippen molar-refractivity contribution in [1.29, 1.82) is 0 Å². The van der Waals surface area contributed by atoms with Crippen LogP contribution in [0.15, 0.2) is 12.1 Å². The molecular formula is C19H31NO2. The summed E-state index contributed by atoms with van der Waals surface area (Å²) in [5.74, 6) is -1.08. The minimum atomic E-state index is -0.721. The van der Waals surface area contributed by atoms with Crippen LogP contribution in [0.3, 0.4) is 0 Å². The first-order valence-electron chi connectivity index (χ1n) is 8.42. The van der Waals surface area contributed by atoms with E-state index in [0.29, 0.717) is 6.54 Å². The highest BCUT2D eigenvalue weighted by molar-refractivity contribution is 5.71. The van der Waals surface area contributed by atoms with Crippen molar-refractivity contribution < 1.29 is 9.90 Å². The summed E-state index contributed by atoms with van der Waals surface area (Å²) in [6.07, 6.45) is 4.79. The second kappa shape index (κ2) is 8.82. The van der Waals surface area contributed by atoms with Gasteiger partial charge < -0.3 is 10.0 Å². The molecule has 1 aromatic carbocycles. The van der Waals surface area contributed by atoms with E-state index >= 15 is 0 Å². The molecule has 0 fully saturated rings. The summed E-state index contributed by atoms with van der Waals surface area (Å²) in [5, 5.41) is 9.24. The van der Waals surface area contributed by atoms with Gasteiger partial charge in [0.05, 0.1) is 5.92 Å². The van der Waals surface area contributed by atoms with Crippen molar-refractivity contribution in [3.05, 3.63) is 28.8 Å². The third-order valence-corrected chi connectivity index (χ3v) is 4.15. The lowest BCUT2D eigenvalue weighted by Crippen LogP contribution is -2.33. The van der Waals surface area contributed by atoms with Crippen molar-refractivity contribution in [2.24, 2.45) is 5.92 Å². The van der Waals surface area contributed by atoms with Gasteiger partial charge >= 0.3 is 5.97 Å². The predicted molar refractivity (Wildman–Crippen MR) is 93.8 cm³/mol. The number of benzene rings is 1. The van der Waals surface area contributed by atoms with E-state index in [4.69, 9.17) is 0 Å². The van der Waals surface area contributed by atoms with Crippen molar-refractivity contribution in [3.8, 4) is 0 Å². The molecule has 3 heteroatoms. The zero-order valence-corrected chi connectivity index (χ0v) is 14.8. The Labute approximate surface area is 135 Å². The second-order valence-corrected chi connectivity index (χ2v) is 6.49. The molecule has 0 spiro atoms. The smallest absolute Gasteiger partial charge is 0.308 e. The van der Waals surface area contributed by atoms with Crippen LogP contribution in [0.25, 0.3) is 0 Å². The number of hydrogen-bond acceptors (Lipinski definition) is 2. The quantitative estimate of drug-likeness (QED) is 0.671. The van der Waals surface area contributed by atoms with Crippen molar-refractivity contribution in [2.75, 3.05) is 18.0 Å². The summed E-state index contributed by atoms with van der Waals surface area (Å²) in [7, 11) is 0. The number of anilines is 1. The van der Waals surface area contributed by atoms with E-state index < -0.39 is 5.97 Å². The van der Waals surface area contributed by atoms with Gasteiger partial charge in [0, 0.05) is 18.8 Å². The van der Waals surface area contributed by atoms with Gasteiger partial charge in [-0.05, 0) is 38.3 Å². The molecule has 0 saturated carbocycles. The Hall–Kier alpha value is -1.51. The minimum Gasteiger partial charge on any atom is -0.481 e. The number of unbranched alkanes of at least 4 members (excludes halogenated alkanes) is 3. The fourth-order valence-corrected chi connectivity index (χ4v) is 3.10. The molecule has 0 saturated heterocycles. The van der Waals surface area contributed by atoms with Gasteiger partial charge in [0.1, 0.15) is 0 Å². The van der Waals surface area contributed by atoms with Crippen LogP contribution < -0.4 is 4.90 Å². The molecule has 1 atom stereocenters. The summed E-state index contributed by atoms with van der Waals surface area (Å²) < 4.78 is 0. The zero-order valence-electron chi connectivity index (χ0n) is 14.8. The highest BCUT2D eigenvalue weighted by atomic mass is 16.4. The Bertz CT molecular complexity index is 473. The fraction of sp³-hybridized carbons (Fsp3) is 0.632. The molecule has 0 radical (unpaired) electrons. The Morgan fingerprint density at radius 2 is 1.73 bits per heavy atom. The van der Waals surface area contributed by atoms with Crippen molar-refractivity contribution in [1.82, 2.24) is 0 Å². The molecule has 0 amide bonds. The standard InChI is InChI=1S/C19H31NO2/c1-6-7-8-9-10-20(13-17(5)19(21)22)18-15(3)11-14(2)12-16(18)4/h11-12,17H,6-10,13H2,1-5H3,(H,21,22). The van der Waals surface area contributed by atoms with E-state index in [0.717, 1.165) is 13.0 Å². The number of aliphatic carboxylic acids is 1. The SMILES string of the molecule is CCCCCCN(CC(C)C(=O)O)c1c(C)cc(C)cc1C. The van der Waals surface area contributed by atoms with Gasteiger partial charge in [-0.25, -0.2) is 0 Å². The van der Waals surface area contributed by atoms with Gasteiger partial charge in [-0.1, -0.05) is 50.8 Å². The summed E-state index contributed by atoms with van der Waals surface area (Å²) >= 11 is 0. The first-order valence-corrected chi connectivity index (χ1v) is 8.42. The lowest BCUT2D eigenvalue weighted by Gasteiger charge is -2.30. The van der Waals surface area contributed by atoms with Crippen LogP contribution in [0.4, 0.5) is 5.69 Å². The highest BCUT2D eigenvalue weighted by Gasteiger charge is 2.19. The topological polar surface area (TPSA) is 40.5 Å². The molecule has 1 unspecified atom stereocenters. The molecule has 1 rings (SSSR count). The molecule has 3 nitrogen and oxygen atoms in total. The van der Waals surface area contributed by atoms with E-state index in [9.17, 15) is 9.90 Å². The zero-order chi connectivity index (χ0) is 16.7. The maximum absolute atomic E-state index is 11.2. The summed E-state index contributed by atoms with van der Waals surface area (Å²) in [6.45, 7) is 11.9. The molecular weight excluding hydrogens is 274 g/mol. The Morgan fingerprint density at radius 1 is 1.14 bits per heavy atom. The molecule has 0 aliphatic carbocycles. The summed E-state index contributed by atoms with van der Waals surface area (Å²) in [6, 6.07) is 4.37. The van der Waals surface area contributed by atoms with Gasteiger partial charge in [-0.3, -0.25) is 4.79 Å². The second-order valence-electron chi connectivity index (χ2n) is 6.49. The molecule has 0 heterocycles. The van der Waals surface area contributed by atoms with Gasteiger partial charge in [-0.2, -0.15) is 0 Å². The molecule has 0 bridgehead atoms. The number of nitrogens with zero attached hydrogens (tertiary/aromatic N) is 1. The van der Waals surface area contributed by atoms with Crippen molar-refractivity contribution >= 4 is 11.7 Å². The number of carboxylic acid groups (broad SMARTS) is 1. The average Bonchev–Trinajstić information content (AvgIpc) is 2.41. The van der Waals surface area contributed by atoms with Crippen LogP contribution in [0.2, 0.25) is 0 Å². The third kappa shape index (κ3) is 5.36. The van der Waals surface area contributed by atoms with Crippen LogP contribution in [0, 0.1) is 26.7 Å². The van der Waals surface area contributed by atoms with Crippen LogP contribution in [0.1, 0.15) is 56.2 Å². The van der Waals surface area contributed by atoms with Crippen molar-refractivity contribution in [3.63, 3.8) is 0 Å². The molecule has 1 N–H and O–H groups in total. The first kappa shape index (κ1) is 18.5. The van der Waals surface area contributed by atoms with Crippen LogP contribution >= 0.6 is 0 Å². The number of rotatable bonds is 9. The number of aryl methyl sites for hydroxylation is 3. The lowest BCUT2D eigenvalue weighted by molar-refractivity contribution is -0.140. The van der Waals surface area contributed by atoms with Gasteiger partial charge in [0.2, 0.25) is 0 Å². The minimum absolute atomic E-state index is 0.355. The maximum Gasteiger partial charge on any atom is 0.308 e. The highest BCUT2D eigenvalue weighted by Crippen LogP contribution is 2.27. The molecule has 0 aliphatic heterocycles.